The molecule has 0 fully saturated rings. The number of carbonyl (C=O) groups excluding carboxylic acids is 1. The molecule has 3 rings (SSSR count). The van der Waals surface area contributed by atoms with Gasteiger partial charge >= 0.3 is 0 Å². The Bertz CT molecular complexity index is 890. The number of amides is 1. The molecule has 0 aromatic heterocycles. The molecular weight excluding hydrogens is 330 g/mol. The second-order valence-electron chi connectivity index (χ2n) is 5.79. The van der Waals surface area contributed by atoms with Gasteiger partial charge in [-0.25, -0.2) is 0 Å². The maximum Gasteiger partial charge on any atom is 0.258 e. The molecule has 1 amide bonds. The standard InChI is InChI=1S/C21H21NO4/c1-24-18-7-9-19(10-8-18)26-14-21(23)22-13-15-3-4-17-12-20(25-2)6-5-16(17)11-15/h3-12H,13-14H2,1-2H3,(H,22,23). The van der Waals surface area contributed by atoms with Gasteiger partial charge in [0.15, 0.2) is 6.61 Å². The number of ether oxygens (including phenoxy) is 3. The second-order valence-corrected chi connectivity index (χ2v) is 5.79. The quantitative estimate of drug-likeness (QED) is 0.707. The van der Waals surface area contributed by atoms with Crippen LogP contribution >= 0.6 is 0 Å². The van der Waals surface area contributed by atoms with Crippen molar-refractivity contribution in [2.45, 2.75) is 6.54 Å². The molecule has 0 aliphatic carbocycles. The Balaban J connectivity index is 1.52. The van der Waals surface area contributed by atoms with E-state index in [1.807, 2.05) is 30.3 Å². The predicted molar refractivity (Wildman–Crippen MR) is 101 cm³/mol. The fourth-order valence-corrected chi connectivity index (χ4v) is 2.58. The zero-order valence-electron chi connectivity index (χ0n) is 14.8. The average molecular weight is 351 g/mol. The van der Waals surface area contributed by atoms with Gasteiger partial charge in [-0.05, 0) is 58.8 Å². The lowest BCUT2D eigenvalue weighted by atomic mass is 10.1. The minimum Gasteiger partial charge on any atom is -0.497 e. The largest absolute Gasteiger partial charge is 0.497 e. The normalized spacial score (nSPS) is 10.4. The number of rotatable bonds is 7. The molecule has 0 aliphatic rings. The summed E-state index contributed by atoms with van der Waals surface area (Å²) in [6, 6.07) is 19.1. The summed E-state index contributed by atoms with van der Waals surface area (Å²) in [5.74, 6) is 2.03. The van der Waals surface area contributed by atoms with Gasteiger partial charge in [-0.3, -0.25) is 4.79 Å². The van der Waals surface area contributed by atoms with Gasteiger partial charge in [-0.15, -0.1) is 0 Å². The maximum absolute atomic E-state index is 12.0. The van der Waals surface area contributed by atoms with Crippen molar-refractivity contribution >= 4 is 16.7 Å². The van der Waals surface area contributed by atoms with E-state index in [0.717, 1.165) is 27.8 Å². The second kappa shape index (κ2) is 8.25. The molecule has 0 radical (unpaired) electrons. The number of fused-ring (bicyclic) bond motifs is 1. The van der Waals surface area contributed by atoms with E-state index in [-0.39, 0.29) is 12.5 Å². The van der Waals surface area contributed by atoms with E-state index in [1.54, 1.807) is 38.5 Å². The van der Waals surface area contributed by atoms with Crippen molar-refractivity contribution in [1.82, 2.24) is 5.32 Å². The Morgan fingerprint density at radius 1 is 0.808 bits per heavy atom. The highest BCUT2D eigenvalue weighted by Gasteiger charge is 2.04. The predicted octanol–water partition coefficient (Wildman–Crippen LogP) is 3.55. The van der Waals surface area contributed by atoms with E-state index in [0.29, 0.717) is 12.3 Å². The first-order valence-electron chi connectivity index (χ1n) is 8.28. The average Bonchev–Trinajstić information content (AvgIpc) is 2.70. The summed E-state index contributed by atoms with van der Waals surface area (Å²) in [4.78, 5) is 12.0. The smallest absolute Gasteiger partial charge is 0.258 e. The highest BCUT2D eigenvalue weighted by molar-refractivity contribution is 5.84. The first kappa shape index (κ1) is 17.6. The van der Waals surface area contributed by atoms with Crippen LogP contribution in [0.15, 0.2) is 60.7 Å². The third-order valence-electron chi connectivity index (χ3n) is 4.03. The summed E-state index contributed by atoms with van der Waals surface area (Å²) < 4.78 is 15.8. The van der Waals surface area contributed by atoms with Crippen LogP contribution in [0, 0.1) is 0 Å². The Kier molecular flexibility index (Phi) is 5.59. The van der Waals surface area contributed by atoms with Crippen LogP contribution in [0.1, 0.15) is 5.56 Å². The molecule has 0 atom stereocenters. The highest BCUT2D eigenvalue weighted by atomic mass is 16.5. The molecule has 3 aromatic rings. The monoisotopic (exact) mass is 351 g/mol. The fraction of sp³-hybridized carbons (Fsp3) is 0.190. The molecular formula is C21H21NO4. The Morgan fingerprint density at radius 2 is 1.42 bits per heavy atom. The van der Waals surface area contributed by atoms with Gasteiger partial charge in [0, 0.05) is 6.54 Å². The highest BCUT2D eigenvalue weighted by Crippen LogP contribution is 2.22. The van der Waals surface area contributed by atoms with Crippen molar-refractivity contribution in [3.8, 4) is 17.2 Å². The number of carbonyl (C=O) groups is 1. The molecule has 0 bridgehead atoms. The van der Waals surface area contributed by atoms with Gasteiger partial charge in [-0.2, -0.15) is 0 Å². The molecule has 1 N–H and O–H groups in total. The molecule has 5 nitrogen and oxygen atoms in total. The molecule has 3 aromatic carbocycles. The zero-order valence-corrected chi connectivity index (χ0v) is 14.8. The molecule has 0 heterocycles. The van der Waals surface area contributed by atoms with Crippen LogP contribution < -0.4 is 19.5 Å². The molecule has 0 saturated carbocycles. The summed E-state index contributed by atoms with van der Waals surface area (Å²) in [5.41, 5.74) is 1.03. The Morgan fingerprint density at radius 3 is 2.15 bits per heavy atom. The van der Waals surface area contributed by atoms with Crippen molar-refractivity contribution in [1.29, 1.82) is 0 Å². The summed E-state index contributed by atoms with van der Waals surface area (Å²) in [6.45, 7) is 0.421. The van der Waals surface area contributed by atoms with E-state index in [1.165, 1.54) is 0 Å². The first-order chi connectivity index (χ1) is 12.7. The summed E-state index contributed by atoms with van der Waals surface area (Å²) in [5, 5.41) is 5.07. The van der Waals surface area contributed by atoms with Crippen LogP contribution in [0.4, 0.5) is 0 Å². The first-order valence-corrected chi connectivity index (χ1v) is 8.28. The number of methoxy groups -OCH3 is 2. The van der Waals surface area contributed by atoms with Crippen molar-refractivity contribution in [3.63, 3.8) is 0 Å². The topological polar surface area (TPSA) is 56.8 Å². The van der Waals surface area contributed by atoms with Gasteiger partial charge < -0.3 is 19.5 Å². The van der Waals surface area contributed by atoms with Crippen LogP contribution in [-0.2, 0) is 11.3 Å². The van der Waals surface area contributed by atoms with Gasteiger partial charge in [0.05, 0.1) is 14.2 Å². The third kappa shape index (κ3) is 4.45. The molecule has 134 valence electrons. The van der Waals surface area contributed by atoms with Crippen molar-refractivity contribution < 1.29 is 19.0 Å². The van der Waals surface area contributed by atoms with E-state index in [4.69, 9.17) is 14.2 Å². The van der Waals surface area contributed by atoms with Gasteiger partial charge in [-0.1, -0.05) is 18.2 Å². The number of benzene rings is 3. The number of hydrogen-bond donors (Lipinski definition) is 1. The summed E-state index contributed by atoms with van der Waals surface area (Å²) in [6.07, 6.45) is 0. The van der Waals surface area contributed by atoms with Crippen molar-refractivity contribution in [2.75, 3.05) is 20.8 Å². The molecule has 0 aliphatic heterocycles. The summed E-state index contributed by atoms with van der Waals surface area (Å²) >= 11 is 0. The van der Waals surface area contributed by atoms with Crippen LogP contribution in [0.2, 0.25) is 0 Å². The van der Waals surface area contributed by atoms with Crippen LogP contribution in [0.25, 0.3) is 10.8 Å². The molecule has 26 heavy (non-hydrogen) atoms. The van der Waals surface area contributed by atoms with E-state index < -0.39 is 0 Å². The van der Waals surface area contributed by atoms with Gasteiger partial charge in [0.1, 0.15) is 17.2 Å². The van der Waals surface area contributed by atoms with Gasteiger partial charge in [0.2, 0.25) is 0 Å². The Labute approximate surface area is 152 Å². The third-order valence-corrected chi connectivity index (χ3v) is 4.03. The zero-order chi connectivity index (χ0) is 18.4. The van der Waals surface area contributed by atoms with Gasteiger partial charge in [0.25, 0.3) is 5.91 Å². The molecule has 0 saturated heterocycles. The SMILES string of the molecule is COc1ccc(OCC(=O)NCc2ccc3cc(OC)ccc3c2)cc1. The van der Waals surface area contributed by atoms with Crippen LogP contribution in [0.3, 0.4) is 0 Å². The van der Waals surface area contributed by atoms with E-state index in [2.05, 4.69) is 11.4 Å². The number of hydrogen-bond acceptors (Lipinski definition) is 4. The minimum atomic E-state index is -0.171. The fourth-order valence-electron chi connectivity index (χ4n) is 2.58. The molecule has 5 heteroatoms. The molecule has 0 spiro atoms. The minimum absolute atomic E-state index is 0.0306. The summed E-state index contributed by atoms with van der Waals surface area (Å²) in [7, 11) is 3.26. The van der Waals surface area contributed by atoms with Crippen molar-refractivity contribution in [3.05, 3.63) is 66.2 Å². The lowest BCUT2D eigenvalue weighted by Crippen LogP contribution is -2.28. The molecule has 0 unspecified atom stereocenters. The maximum atomic E-state index is 12.0. The van der Waals surface area contributed by atoms with Crippen LogP contribution in [0.5, 0.6) is 17.2 Å². The van der Waals surface area contributed by atoms with E-state index >= 15 is 0 Å². The van der Waals surface area contributed by atoms with E-state index in [9.17, 15) is 4.79 Å². The lowest BCUT2D eigenvalue weighted by molar-refractivity contribution is -0.123. The lowest BCUT2D eigenvalue weighted by Gasteiger charge is -2.09. The van der Waals surface area contributed by atoms with Crippen molar-refractivity contribution in [2.24, 2.45) is 0 Å². The number of nitrogens with one attached hydrogen (secondary N) is 1. The Hall–Kier alpha value is -3.21. The van der Waals surface area contributed by atoms with Crippen LogP contribution in [-0.4, -0.2) is 26.7 Å².